The maximum atomic E-state index is 11.8. The maximum Gasteiger partial charge on any atom is 0.316 e. The van der Waals surface area contributed by atoms with Crippen LogP contribution in [0.25, 0.3) is 0 Å². The summed E-state index contributed by atoms with van der Waals surface area (Å²) in [5.41, 5.74) is 1.52. The van der Waals surface area contributed by atoms with Gasteiger partial charge in [-0.3, -0.25) is 4.79 Å². The Morgan fingerprint density at radius 3 is 2.53 bits per heavy atom. The molecule has 1 aromatic heterocycles. The second kappa shape index (κ2) is 6.49. The van der Waals surface area contributed by atoms with E-state index in [1.807, 2.05) is 37.3 Å². The average molecular weight is 257 g/mol. The van der Waals surface area contributed by atoms with E-state index in [1.165, 1.54) is 12.4 Å². The van der Waals surface area contributed by atoms with Gasteiger partial charge in [-0.05, 0) is 12.5 Å². The molecule has 19 heavy (non-hydrogen) atoms. The molecule has 0 aliphatic rings. The van der Waals surface area contributed by atoms with E-state index in [9.17, 15) is 4.79 Å². The lowest BCUT2D eigenvalue weighted by molar-refractivity contribution is -0.115. The number of hydrogen-bond acceptors (Lipinski definition) is 4. The highest BCUT2D eigenvalue weighted by Gasteiger charge is 2.05. The van der Waals surface area contributed by atoms with Crippen LogP contribution in [0.3, 0.4) is 0 Å². The molecule has 0 radical (unpaired) electrons. The van der Waals surface area contributed by atoms with E-state index in [1.54, 1.807) is 0 Å². The molecule has 0 fully saturated rings. The van der Waals surface area contributed by atoms with Crippen LogP contribution in [-0.4, -0.2) is 22.5 Å². The van der Waals surface area contributed by atoms with Crippen molar-refractivity contribution in [2.75, 3.05) is 11.9 Å². The number of carbonyl (C=O) groups excluding carboxylic acids is 1. The number of rotatable bonds is 5. The first-order valence-corrected chi connectivity index (χ1v) is 6.06. The van der Waals surface area contributed by atoms with Crippen LogP contribution in [0.4, 0.5) is 5.69 Å². The molecule has 1 amide bonds. The summed E-state index contributed by atoms with van der Waals surface area (Å²) in [6, 6.07) is 9.86. The fourth-order valence-electron chi connectivity index (χ4n) is 1.57. The molecule has 0 aliphatic heterocycles. The van der Waals surface area contributed by atoms with Crippen molar-refractivity contribution in [2.24, 2.45) is 0 Å². The van der Waals surface area contributed by atoms with Gasteiger partial charge >= 0.3 is 6.01 Å². The van der Waals surface area contributed by atoms with Crippen molar-refractivity contribution >= 4 is 11.6 Å². The van der Waals surface area contributed by atoms with Crippen molar-refractivity contribution in [3.05, 3.63) is 48.3 Å². The number of nitrogens with zero attached hydrogens (tertiary/aromatic N) is 2. The highest BCUT2D eigenvalue weighted by Crippen LogP contribution is 2.08. The van der Waals surface area contributed by atoms with E-state index in [0.717, 1.165) is 5.56 Å². The van der Waals surface area contributed by atoms with E-state index in [4.69, 9.17) is 4.74 Å². The second-order valence-electron chi connectivity index (χ2n) is 3.90. The summed E-state index contributed by atoms with van der Waals surface area (Å²) in [6.45, 7) is 2.37. The Labute approximate surface area is 111 Å². The van der Waals surface area contributed by atoms with Gasteiger partial charge in [-0.25, -0.2) is 9.97 Å². The predicted octanol–water partition coefficient (Wildman–Crippen LogP) is 2.06. The molecule has 1 N–H and O–H groups in total. The monoisotopic (exact) mass is 257 g/mol. The van der Waals surface area contributed by atoms with Gasteiger partial charge in [-0.15, -0.1) is 0 Å². The van der Waals surface area contributed by atoms with Crippen LogP contribution in [0.15, 0.2) is 42.7 Å². The second-order valence-corrected chi connectivity index (χ2v) is 3.90. The molecule has 98 valence electrons. The molecule has 2 rings (SSSR count). The molecule has 1 heterocycles. The van der Waals surface area contributed by atoms with E-state index < -0.39 is 0 Å². The van der Waals surface area contributed by atoms with Crippen LogP contribution in [0.1, 0.15) is 12.5 Å². The molecule has 5 heteroatoms. The normalized spacial score (nSPS) is 9.95. The first-order chi connectivity index (χ1) is 9.28. The van der Waals surface area contributed by atoms with Crippen LogP contribution in [-0.2, 0) is 11.2 Å². The Hall–Kier alpha value is -2.43. The van der Waals surface area contributed by atoms with E-state index in [2.05, 4.69) is 15.3 Å². The summed E-state index contributed by atoms with van der Waals surface area (Å²) < 4.78 is 5.13. The number of benzene rings is 1. The summed E-state index contributed by atoms with van der Waals surface area (Å²) in [6.07, 6.45) is 3.38. The minimum Gasteiger partial charge on any atom is -0.464 e. The van der Waals surface area contributed by atoms with Crippen molar-refractivity contribution in [3.8, 4) is 6.01 Å². The van der Waals surface area contributed by atoms with Gasteiger partial charge in [0.1, 0.15) is 0 Å². The smallest absolute Gasteiger partial charge is 0.316 e. The molecule has 0 bridgehead atoms. The quantitative estimate of drug-likeness (QED) is 0.890. The molecule has 1 aromatic carbocycles. The number of nitrogens with one attached hydrogen (secondary N) is 1. The third kappa shape index (κ3) is 4.06. The largest absolute Gasteiger partial charge is 0.464 e. The highest BCUT2D eigenvalue weighted by atomic mass is 16.5. The van der Waals surface area contributed by atoms with Gasteiger partial charge in [0.05, 0.1) is 31.1 Å². The molecular weight excluding hydrogens is 242 g/mol. The summed E-state index contributed by atoms with van der Waals surface area (Å²) >= 11 is 0. The van der Waals surface area contributed by atoms with Crippen molar-refractivity contribution < 1.29 is 9.53 Å². The minimum atomic E-state index is -0.0982. The van der Waals surface area contributed by atoms with Gasteiger partial charge in [-0.2, -0.15) is 0 Å². The van der Waals surface area contributed by atoms with Gasteiger partial charge in [-0.1, -0.05) is 30.3 Å². The van der Waals surface area contributed by atoms with Crippen LogP contribution in [0.2, 0.25) is 0 Å². The summed E-state index contributed by atoms with van der Waals surface area (Å²) in [7, 11) is 0. The number of carbonyl (C=O) groups is 1. The predicted molar refractivity (Wildman–Crippen MR) is 72.0 cm³/mol. The van der Waals surface area contributed by atoms with E-state index in [0.29, 0.717) is 24.7 Å². The number of ether oxygens (including phenoxy) is 1. The molecule has 0 spiro atoms. The fourth-order valence-corrected chi connectivity index (χ4v) is 1.57. The number of anilines is 1. The van der Waals surface area contributed by atoms with Gasteiger partial charge in [0.25, 0.3) is 0 Å². The van der Waals surface area contributed by atoms with E-state index >= 15 is 0 Å². The van der Waals surface area contributed by atoms with Crippen LogP contribution >= 0.6 is 0 Å². The van der Waals surface area contributed by atoms with Crippen molar-refractivity contribution in [2.45, 2.75) is 13.3 Å². The summed E-state index contributed by atoms with van der Waals surface area (Å²) in [4.78, 5) is 19.8. The Morgan fingerprint density at radius 1 is 1.21 bits per heavy atom. The third-order valence-electron chi connectivity index (χ3n) is 2.39. The van der Waals surface area contributed by atoms with Gasteiger partial charge in [0.2, 0.25) is 5.91 Å². The molecule has 5 nitrogen and oxygen atoms in total. The van der Waals surface area contributed by atoms with Crippen molar-refractivity contribution in [1.29, 1.82) is 0 Å². The lowest BCUT2D eigenvalue weighted by Crippen LogP contribution is -2.14. The highest BCUT2D eigenvalue weighted by molar-refractivity contribution is 5.91. The minimum absolute atomic E-state index is 0.0982. The number of aromatic nitrogens is 2. The molecule has 0 unspecified atom stereocenters. The standard InChI is InChI=1S/C14H15N3O2/c1-2-19-14-15-9-12(10-16-14)17-13(18)8-11-6-4-3-5-7-11/h3-7,9-10H,2,8H2,1H3,(H,17,18). The Kier molecular flexibility index (Phi) is 4.44. The Morgan fingerprint density at radius 2 is 1.89 bits per heavy atom. The molecule has 0 saturated heterocycles. The van der Waals surface area contributed by atoms with E-state index in [-0.39, 0.29) is 5.91 Å². The summed E-state index contributed by atoms with van der Waals surface area (Å²) in [5.74, 6) is -0.0982. The first-order valence-electron chi connectivity index (χ1n) is 6.06. The molecule has 0 saturated carbocycles. The lowest BCUT2D eigenvalue weighted by atomic mass is 10.1. The number of amides is 1. The third-order valence-corrected chi connectivity index (χ3v) is 2.39. The first kappa shape index (κ1) is 13.0. The molecule has 2 aromatic rings. The summed E-state index contributed by atoms with van der Waals surface area (Å²) in [5, 5.41) is 2.74. The molecular formula is C14H15N3O2. The zero-order valence-electron chi connectivity index (χ0n) is 10.7. The van der Waals surface area contributed by atoms with Crippen molar-refractivity contribution in [3.63, 3.8) is 0 Å². The van der Waals surface area contributed by atoms with Gasteiger partial charge < -0.3 is 10.1 Å². The topological polar surface area (TPSA) is 64.1 Å². The van der Waals surface area contributed by atoms with Gasteiger partial charge in [0, 0.05) is 0 Å². The Bertz CT molecular complexity index is 526. The van der Waals surface area contributed by atoms with Crippen LogP contribution in [0, 0.1) is 0 Å². The molecule has 0 aliphatic carbocycles. The SMILES string of the molecule is CCOc1ncc(NC(=O)Cc2ccccc2)cn1. The zero-order valence-corrected chi connectivity index (χ0v) is 10.7. The Balaban J connectivity index is 1.91. The van der Waals surface area contributed by atoms with Gasteiger partial charge in [0.15, 0.2) is 0 Å². The van der Waals surface area contributed by atoms with Crippen LogP contribution < -0.4 is 10.1 Å². The molecule has 0 atom stereocenters. The zero-order chi connectivity index (χ0) is 13.5. The fraction of sp³-hybridized carbons (Fsp3) is 0.214. The lowest BCUT2D eigenvalue weighted by Gasteiger charge is -2.05. The number of hydrogen-bond donors (Lipinski definition) is 1. The average Bonchev–Trinajstić information content (AvgIpc) is 2.42. The van der Waals surface area contributed by atoms with Crippen molar-refractivity contribution in [1.82, 2.24) is 9.97 Å². The maximum absolute atomic E-state index is 11.8. The van der Waals surface area contributed by atoms with Crippen LogP contribution in [0.5, 0.6) is 6.01 Å².